The maximum Gasteiger partial charge on any atom is 0.265 e. The summed E-state index contributed by atoms with van der Waals surface area (Å²) in [6.07, 6.45) is 0.0234. The number of carbonyl (C=O) groups excluding carboxylic acids is 4. The highest BCUT2D eigenvalue weighted by atomic mass is 32.1. The van der Waals surface area contributed by atoms with Gasteiger partial charge in [-0.1, -0.05) is 18.2 Å². The molecule has 0 radical (unpaired) electrons. The van der Waals surface area contributed by atoms with Crippen molar-refractivity contribution in [1.29, 1.82) is 0 Å². The number of benzene rings is 2. The molecule has 0 atom stereocenters. The van der Waals surface area contributed by atoms with E-state index >= 15 is 0 Å². The molecule has 2 aromatic carbocycles. The molecule has 1 heterocycles. The van der Waals surface area contributed by atoms with Crippen LogP contribution in [0.1, 0.15) is 36.8 Å². The van der Waals surface area contributed by atoms with Crippen molar-refractivity contribution in [3.05, 3.63) is 82.0 Å². The Morgan fingerprint density at radius 3 is 2.23 bits per heavy atom. The molecule has 158 valence electrons. The topological polar surface area (TPSA) is 130 Å². The number of amides is 4. The molecule has 0 aliphatic carbocycles. The van der Waals surface area contributed by atoms with Gasteiger partial charge < -0.3 is 21.7 Å². The number of thiophene rings is 1. The van der Waals surface area contributed by atoms with E-state index in [0.29, 0.717) is 21.8 Å². The normalized spacial score (nSPS) is 10.2. The van der Waals surface area contributed by atoms with Crippen LogP contribution < -0.4 is 21.7 Å². The minimum absolute atomic E-state index is 0.0234. The van der Waals surface area contributed by atoms with Gasteiger partial charge in [0.15, 0.2) is 0 Å². The molecule has 0 aliphatic heterocycles. The van der Waals surface area contributed by atoms with Crippen LogP contribution in [-0.4, -0.2) is 30.2 Å². The highest BCUT2D eigenvalue weighted by Crippen LogP contribution is 2.18. The Hall–Kier alpha value is -3.98. The van der Waals surface area contributed by atoms with Crippen LogP contribution in [0.2, 0.25) is 0 Å². The molecule has 4 amide bonds. The lowest BCUT2D eigenvalue weighted by Crippen LogP contribution is -2.28. The van der Waals surface area contributed by atoms with Crippen LogP contribution in [0.25, 0.3) is 0 Å². The van der Waals surface area contributed by atoms with Gasteiger partial charge in [-0.3, -0.25) is 19.2 Å². The molecule has 0 bridgehead atoms. The van der Waals surface area contributed by atoms with E-state index in [1.54, 1.807) is 60.7 Å². The predicted molar refractivity (Wildman–Crippen MR) is 119 cm³/mol. The second kappa shape index (κ2) is 10.2. The molecule has 0 saturated heterocycles. The van der Waals surface area contributed by atoms with Crippen LogP contribution >= 0.6 is 11.3 Å². The Kier molecular flexibility index (Phi) is 7.13. The molecule has 0 spiro atoms. The van der Waals surface area contributed by atoms with Crippen molar-refractivity contribution >= 4 is 46.3 Å². The van der Waals surface area contributed by atoms with Crippen LogP contribution in [0.5, 0.6) is 0 Å². The fraction of sp³-hybridized carbons (Fsp3) is 0.0909. The Bertz CT molecular complexity index is 1090. The quantitative estimate of drug-likeness (QED) is 0.432. The Labute approximate surface area is 182 Å². The number of nitrogens with one attached hydrogen (secondary N) is 3. The summed E-state index contributed by atoms with van der Waals surface area (Å²) in [5.41, 5.74) is 6.58. The summed E-state index contributed by atoms with van der Waals surface area (Å²) in [6.45, 7) is 0.106. The third-order valence-electron chi connectivity index (χ3n) is 4.23. The molecule has 8 nitrogen and oxygen atoms in total. The first-order chi connectivity index (χ1) is 14.9. The van der Waals surface area contributed by atoms with E-state index in [1.165, 1.54) is 11.3 Å². The number of primary amides is 1. The van der Waals surface area contributed by atoms with E-state index in [2.05, 4.69) is 16.0 Å². The monoisotopic (exact) mass is 436 g/mol. The summed E-state index contributed by atoms with van der Waals surface area (Å²) >= 11 is 1.34. The molecule has 3 aromatic rings. The lowest BCUT2D eigenvalue weighted by molar-refractivity contribution is -0.117. The van der Waals surface area contributed by atoms with E-state index in [4.69, 9.17) is 5.73 Å². The number of para-hydroxylation sites is 1. The summed E-state index contributed by atoms with van der Waals surface area (Å²) in [7, 11) is 0. The van der Waals surface area contributed by atoms with Crippen molar-refractivity contribution in [3.8, 4) is 0 Å². The summed E-state index contributed by atoms with van der Waals surface area (Å²) in [5.74, 6) is -1.57. The summed E-state index contributed by atoms with van der Waals surface area (Å²) in [6, 6.07) is 16.5. The zero-order valence-electron chi connectivity index (χ0n) is 16.4. The van der Waals surface area contributed by atoms with Crippen molar-refractivity contribution in [2.45, 2.75) is 6.42 Å². The van der Waals surface area contributed by atoms with E-state index < -0.39 is 17.7 Å². The molecule has 0 unspecified atom stereocenters. The second-order valence-corrected chi connectivity index (χ2v) is 7.43. The van der Waals surface area contributed by atoms with Gasteiger partial charge in [0.1, 0.15) is 0 Å². The van der Waals surface area contributed by atoms with Crippen molar-refractivity contribution in [2.75, 3.05) is 17.2 Å². The summed E-state index contributed by atoms with van der Waals surface area (Å²) in [4.78, 5) is 48.5. The van der Waals surface area contributed by atoms with E-state index in [0.717, 1.165) is 0 Å². The summed E-state index contributed by atoms with van der Waals surface area (Å²) < 4.78 is 0. The SMILES string of the molecule is NC(=O)CCNC(=O)c1ccccc1NC(=O)c1ccc(NC(=O)c2cccs2)cc1. The molecule has 0 aliphatic rings. The van der Waals surface area contributed by atoms with Gasteiger partial charge in [0.2, 0.25) is 5.91 Å². The molecular weight excluding hydrogens is 416 g/mol. The third kappa shape index (κ3) is 6.00. The largest absolute Gasteiger partial charge is 0.370 e. The molecule has 5 N–H and O–H groups in total. The van der Waals surface area contributed by atoms with Crippen molar-refractivity contribution in [2.24, 2.45) is 5.73 Å². The third-order valence-corrected chi connectivity index (χ3v) is 5.10. The molecular formula is C22H20N4O4S. The lowest BCUT2D eigenvalue weighted by Gasteiger charge is -2.11. The Morgan fingerprint density at radius 2 is 1.55 bits per heavy atom. The van der Waals surface area contributed by atoms with Crippen LogP contribution in [0.15, 0.2) is 66.0 Å². The molecule has 3 rings (SSSR count). The predicted octanol–water partition coefficient (Wildman–Crippen LogP) is 2.86. The van der Waals surface area contributed by atoms with E-state index in [9.17, 15) is 19.2 Å². The number of carbonyl (C=O) groups is 4. The first-order valence-corrected chi connectivity index (χ1v) is 10.2. The zero-order valence-corrected chi connectivity index (χ0v) is 17.2. The van der Waals surface area contributed by atoms with E-state index in [1.807, 2.05) is 5.38 Å². The van der Waals surface area contributed by atoms with Crippen molar-refractivity contribution in [1.82, 2.24) is 5.32 Å². The number of nitrogens with two attached hydrogens (primary N) is 1. The first kappa shape index (κ1) is 21.7. The average molecular weight is 436 g/mol. The Morgan fingerprint density at radius 1 is 0.806 bits per heavy atom. The minimum atomic E-state index is -0.517. The van der Waals surface area contributed by atoms with Crippen LogP contribution in [0, 0.1) is 0 Å². The smallest absolute Gasteiger partial charge is 0.265 e. The van der Waals surface area contributed by atoms with Crippen molar-refractivity contribution < 1.29 is 19.2 Å². The highest BCUT2D eigenvalue weighted by Gasteiger charge is 2.14. The zero-order chi connectivity index (χ0) is 22.2. The van der Waals surface area contributed by atoms with Gasteiger partial charge in [-0.15, -0.1) is 11.3 Å². The average Bonchev–Trinajstić information content (AvgIpc) is 3.29. The van der Waals surface area contributed by atoms with Gasteiger partial charge in [-0.25, -0.2) is 0 Å². The fourth-order valence-electron chi connectivity index (χ4n) is 2.68. The van der Waals surface area contributed by atoms with Gasteiger partial charge in [-0.2, -0.15) is 0 Å². The first-order valence-electron chi connectivity index (χ1n) is 9.36. The Balaban J connectivity index is 1.64. The van der Waals surface area contributed by atoms with Gasteiger partial charge in [0, 0.05) is 24.2 Å². The second-order valence-electron chi connectivity index (χ2n) is 6.48. The number of hydrogen-bond donors (Lipinski definition) is 4. The molecule has 31 heavy (non-hydrogen) atoms. The van der Waals surface area contributed by atoms with Crippen LogP contribution in [-0.2, 0) is 4.79 Å². The van der Waals surface area contributed by atoms with Crippen LogP contribution in [0.3, 0.4) is 0 Å². The lowest BCUT2D eigenvalue weighted by atomic mass is 10.1. The van der Waals surface area contributed by atoms with Gasteiger partial charge in [0.25, 0.3) is 17.7 Å². The maximum atomic E-state index is 12.6. The van der Waals surface area contributed by atoms with Crippen molar-refractivity contribution in [3.63, 3.8) is 0 Å². The maximum absolute atomic E-state index is 12.6. The molecule has 9 heteroatoms. The standard InChI is InChI=1S/C22H20N4O4S/c23-19(27)11-12-24-21(29)16-4-1-2-5-17(16)26-20(28)14-7-9-15(10-8-14)25-22(30)18-6-3-13-31-18/h1-10,13H,11-12H2,(H2,23,27)(H,24,29)(H,25,30)(H,26,28). The highest BCUT2D eigenvalue weighted by molar-refractivity contribution is 7.12. The minimum Gasteiger partial charge on any atom is -0.370 e. The van der Waals surface area contributed by atoms with Gasteiger partial charge in [0.05, 0.1) is 16.1 Å². The summed E-state index contributed by atoms with van der Waals surface area (Å²) in [5, 5.41) is 9.89. The molecule has 0 fully saturated rings. The molecule has 1 aromatic heterocycles. The fourth-order valence-corrected chi connectivity index (χ4v) is 3.30. The number of rotatable bonds is 8. The van der Waals surface area contributed by atoms with E-state index in [-0.39, 0.29) is 24.4 Å². The van der Waals surface area contributed by atoms with Gasteiger partial charge in [-0.05, 0) is 47.8 Å². The molecule has 0 saturated carbocycles. The number of hydrogen-bond acceptors (Lipinski definition) is 5. The van der Waals surface area contributed by atoms with Gasteiger partial charge >= 0.3 is 0 Å². The van der Waals surface area contributed by atoms with Crippen LogP contribution in [0.4, 0.5) is 11.4 Å². The number of anilines is 2.